The summed E-state index contributed by atoms with van der Waals surface area (Å²) < 4.78 is 0. The van der Waals surface area contributed by atoms with Crippen molar-refractivity contribution in [1.29, 1.82) is 0 Å². The van der Waals surface area contributed by atoms with Crippen LogP contribution < -0.4 is 11.1 Å². The molecule has 1 unspecified atom stereocenters. The molecule has 0 saturated carbocycles. The van der Waals surface area contributed by atoms with Crippen LogP contribution in [0.2, 0.25) is 0 Å². The number of hydrogen-bond donors (Lipinski definition) is 3. The molecule has 0 bridgehead atoms. The fourth-order valence-electron chi connectivity index (χ4n) is 2.58. The topological polar surface area (TPSA) is 83.8 Å². The number of fused-ring (bicyclic) bond motifs is 1. The van der Waals surface area contributed by atoms with Gasteiger partial charge in [0.15, 0.2) is 0 Å². The first-order valence-corrected chi connectivity index (χ1v) is 8.51. The molecule has 6 heteroatoms. The fraction of sp³-hybridized carbons (Fsp3) is 0.294. The molecule has 5 nitrogen and oxygen atoms in total. The Morgan fingerprint density at radius 2 is 2.26 bits per heavy atom. The third kappa shape index (κ3) is 3.60. The minimum absolute atomic E-state index is 0.126. The molecule has 0 saturated heterocycles. The van der Waals surface area contributed by atoms with Crippen LogP contribution in [0.25, 0.3) is 10.9 Å². The van der Waals surface area contributed by atoms with E-state index in [1.165, 1.54) is 0 Å². The second-order valence-electron chi connectivity index (χ2n) is 5.69. The molecule has 0 aliphatic carbocycles. The number of rotatable bonds is 6. The molecule has 4 N–H and O–H groups in total. The lowest BCUT2D eigenvalue weighted by molar-refractivity contribution is -0.122. The average molecular weight is 328 g/mol. The van der Waals surface area contributed by atoms with Crippen molar-refractivity contribution >= 4 is 28.1 Å². The van der Waals surface area contributed by atoms with Crippen molar-refractivity contribution in [1.82, 2.24) is 15.3 Å². The highest BCUT2D eigenvalue weighted by Gasteiger charge is 2.17. The number of hydrogen-bond acceptors (Lipinski definition) is 4. The van der Waals surface area contributed by atoms with Crippen molar-refractivity contribution in [2.24, 2.45) is 5.73 Å². The largest absolute Gasteiger partial charge is 0.361 e. The zero-order valence-corrected chi connectivity index (χ0v) is 13.8. The molecule has 0 aliphatic rings. The van der Waals surface area contributed by atoms with E-state index in [0.717, 1.165) is 21.5 Å². The Morgan fingerprint density at radius 1 is 1.43 bits per heavy atom. The molecule has 2 atom stereocenters. The maximum Gasteiger partial charge on any atom is 0.237 e. The van der Waals surface area contributed by atoms with Gasteiger partial charge in [-0.1, -0.05) is 25.1 Å². The van der Waals surface area contributed by atoms with E-state index in [1.54, 1.807) is 17.5 Å². The predicted octanol–water partition coefficient (Wildman–Crippen LogP) is 2.41. The molecule has 0 spiro atoms. The number of nitrogens with one attached hydrogen (secondary N) is 2. The number of nitrogens with zero attached hydrogens (tertiary/aromatic N) is 1. The molecule has 1 amide bonds. The molecule has 23 heavy (non-hydrogen) atoms. The van der Waals surface area contributed by atoms with Crippen molar-refractivity contribution < 1.29 is 4.79 Å². The lowest BCUT2D eigenvalue weighted by Gasteiger charge is -2.14. The minimum Gasteiger partial charge on any atom is -0.361 e. The number of H-pyrrole nitrogens is 1. The second-order valence-corrected chi connectivity index (χ2v) is 6.61. The van der Waals surface area contributed by atoms with Crippen molar-refractivity contribution in [3.8, 4) is 0 Å². The van der Waals surface area contributed by atoms with E-state index in [1.807, 2.05) is 42.8 Å². The molecule has 3 rings (SSSR count). The molecular formula is C17H20N4OS. The molecule has 0 fully saturated rings. The monoisotopic (exact) mass is 328 g/mol. The van der Waals surface area contributed by atoms with E-state index in [2.05, 4.69) is 15.3 Å². The molecule has 1 aromatic carbocycles. The van der Waals surface area contributed by atoms with Crippen LogP contribution in [0.15, 0.2) is 42.0 Å². The zero-order chi connectivity index (χ0) is 16.2. The Morgan fingerprint density at radius 3 is 3.04 bits per heavy atom. The van der Waals surface area contributed by atoms with Gasteiger partial charge >= 0.3 is 0 Å². The molecular weight excluding hydrogens is 308 g/mol. The van der Waals surface area contributed by atoms with Crippen LogP contribution in [0, 0.1) is 0 Å². The molecule has 2 heterocycles. The van der Waals surface area contributed by atoms with Crippen molar-refractivity contribution in [2.75, 3.05) is 6.54 Å². The van der Waals surface area contributed by atoms with E-state index < -0.39 is 6.04 Å². The smallest absolute Gasteiger partial charge is 0.237 e. The summed E-state index contributed by atoms with van der Waals surface area (Å²) in [6.07, 6.45) is 4.22. The van der Waals surface area contributed by atoms with Gasteiger partial charge < -0.3 is 16.0 Å². The van der Waals surface area contributed by atoms with E-state index in [0.29, 0.717) is 13.0 Å². The van der Waals surface area contributed by atoms with Crippen molar-refractivity contribution in [2.45, 2.75) is 25.3 Å². The number of carbonyl (C=O) groups excluding carboxylic acids is 1. The lowest BCUT2D eigenvalue weighted by atomic mass is 10.0. The second kappa shape index (κ2) is 6.93. The van der Waals surface area contributed by atoms with Gasteiger partial charge in [-0.05, 0) is 18.1 Å². The van der Waals surface area contributed by atoms with Gasteiger partial charge in [-0.15, -0.1) is 11.3 Å². The molecule has 2 aromatic heterocycles. The van der Waals surface area contributed by atoms with Crippen LogP contribution in [0.1, 0.15) is 23.4 Å². The standard InChI is InChI=1S/C17H20N4OS/c1-11(17-19-6-7-23-17)9-21-16(22)14(18)8-12-10-20-15-5-3-2-4-13(12)15/h2-7,10-11,14,20H,8-9,18H2,1H3,(H,21,22)/t11?,14-/m0/s1. The first kappa shape index (κ1) is 15.7. The first-order chi connectivity index (χ1) is 11.1. The number of nitrogens with two attached hydrogens (primary N) is 1. The van der Waals surface area contributed by atoms with Crippen LogP contribution in [0.4, 0.5) is 0 Å². The van der Waals surface area contributed by atoms with Crippen LogP contribution in [0.5, 0.6) is 0 Å². The van der Waals surface area contributed by atoms with E-state index in [4.69, 9.17) is 5.73 Å². The zero-order valence-electron chi connectivity index (χ0n) is 13.0. The minimum atomic E-state index is -0.558. The summed E-state index contributed by atoms with van der Waals surface area (Å²) in [6, 6.07) is 7.46. The molecule has 120 valence electrons. The lowest BCUT2D eigenvalue weighted by Crippen LogP contribution is -2.43. The summed E-state index contributed by atoms with van der Waals surface area (Å²) in [5.41, 5.74) is 8.19. The normalized spacial score (nSPS) is 13.8. The van der Waals surface area contributed by atoms with Crippen LogP contribution >= 0.6 is 11.3 Å². The van der Waals surface area contributed by atoms with Crippen LogP contribution in [-0.2, 0) is 11.2 Å². The predicted molar refractivity (Wildman–Crippen MR) is 93.5 cm³/mol. The highest BCUT2D eigenvalue weighted by molar-refractivity contribution is 7.09. The average Bonchev–Trinajstić information content (AvgIpc) is 3.22. The maximum absolute atomic E-state index is 12.2. The Hall–Kier alpha value is -2.18. The number of benzene rings is 1. The Balaban J connectivity index is 1.57. The third-order valence-corrected chi connectivity index (χ3v) is 4.91. The number of carbonyl (C=O) groups is 1. The number of aromatic amines is 1. The van der Waals surface area contributed by atoms with E-state index in [-0.39, 0.29) is 11.8 Å². The highest BCUT2D eigenvalue weighted by atomic mass is 32.1. The summed E-state index contributed by atoms with van der Waals surface area (Å²) in [5.74, 6) is 0.0675. The van der Waals surface area contributed by atoms with Crippen LogP contribution in [-0.4, -0.2) is 28.5 Å². The van der Waals surface area contributed by atoms with Crippen molar-refractivity contribution in [3.05, 3.63) is 52.6 Å². The SMILES string of the molecule is CC(CNC(=O)[C@@H](N)Cc1c[nH]c2ccccc12)c1nccs1. The fourth-order valence-corrected chi connectivity index (χ4v) is 3.28. The summed E-state index contributed by atoms with van der Waals surface area (Å²) >= 11 is 1.60. The van der Waals surface area contributed by atoms with Gasteiger partial charge in [0.25, 0.3) is 0 Å². The third-order valence-electron chi connectivity index (χ3n) is 3.91. The molecule has 3 aromatic rings. The summed E-state index contributed by atoms with van der Waals surface area (Å²) in [7, 11) is 0. The molecule has 0 aliphatic heterocycles. The van der Waals surface area contributed by atoms with Gasteiger partial charge in [-0.25, -0.2) is 4.98 Å². The van der Waals surface area contributed by atoms with Gasteiger partial charge in [0.1, 0.15) is 0 Å². The van der Waals surface area contributed by atoms with Gasteiger partial charge in [0.2, 0.25) is 5.91 Å². The van der Waals surface area contributed by atoms with Gasteiger partial charge in [0, 0.05) is 41.1 Å². The van der Waals surface area contributed by atoms with Crippen molar-refractivity contribution in [3.63, 3.8) is 0 Å². The van der Waals surface area contributed by atoms with Crippen LogP contribution in [0.3, 0.4) is 0 Å². The maximum atomic E-state index is 12.2. The molecule has 0 radical (unpaired) electrons. The first-order valence-electron chi connectivity index (χ1n) is 7.63. The summed E-state index contributed by atoms with van der Waals surface area (Å²) in [5, 5.41) is 7.01. The number of aromatic nitrogens is 2. The number of thiazole rings is 1. The quantitative estimate of drug-likeness (QED) is 0.650. The number of para-hydroxylation sites is 1. The highest BCUT2D eigenvalue weighted by Crippen LogP contribution is 2.19. The Kier molecular flexibility index (Phi) is 4.73. The Labute approximate surface area is 138 Å². The Bertz CT molecular complexity index is 781. The van der Waals surface area contributed by atoms with Gasteiger partial charge in [0.05, 0.1) is 11.0 Å². The number of amides is 1. The summed E-state index contributed by atoms with van der Waals surface area (Å²) in [4.78, 5) is 19.7. The van der Waals surface area contributed by atoms with Gasteiger partial charge in [-0.3, -0.25) is 4.79 Å². The van der Waals surface area contributed by atoms with E-state index >= 15 is 0 Å². The van der Waals surface area contributed by atoms with Gasteiger partial charge in [-0.2, -0.15) is 0 Å². The van der Waals surface area contributed by atoms with E-state index in [9.17, 15) is 4.79 Å². The summed E-state index contributed by atoms with van der Waals surface area (Å²) in [6.45, 7) is 2.60.